The molecule has 11 nitrogen and oxygen atoms in total. The SMILES string of the molecule is [CH3-].[NH2-].[NH2-].[NH2-].[NH2-].[NH2-].[NH2-].[NH2-].[NH2-].[NH2-].[Ru+5].[Ru+5].c1cc(-c2ccncc2)ccn1. The molecule has 0 fully saturated rings. The summed E-state index contributed by atoms with van der Waals surface area (Å²) >= 11 is 0. The van der Waals surface area contributed by atoms with Crippen molar-refractivity contribution < 1.29 is 39.0 Å². The molecule has 2 rings (SSSR count). The smallest absolute Gasteiger partial charge is 0.693 e. The molecule has 24 heavy (non-hydrogen) atoms. The normalized spacial score (nSPS) is 4.83. The van der Waals surface area contributed by atoms with Gasteiger partial charge in [-0.1, -0.05) is 0 Å². The zero-order chi connectivity index (χ0) is 8.23. The van der Waals surface area contributed by atoms with E-state index in [9.17, 15) is 0 Å². The summed E-state index contributed by atoms with van der Waals surface area (Å²) in [6.07, 6.45) is 7.15. The van der Waals surface area contributed by atoms with Crippen LogP contribution in [0.25, 0.3) is 66.5 Å². The Bertz CT molecular complexity index is 329. The Morgan fingerprint density at radius 3 is 0.750 bits per heavy atom. The molecule has 2 heterocycles. The summed E-state index contributed by atoms with van der Waals surface area (Å²) in [5.41, 5.74) is 2.35. The molecule has 0 spiro atoms. The van der Waals surface area contributed by atoms with E-state index < -0.39 is 0 Å². The molecule has 0 bridgehead atoms. The first-order chi connectivity index (χ1) is 5.97. The van der Waals surface area contributed by atoms with Crippen LogP contribution >= 0.6 is 0 Å². The van der Waals surface area contributed by atoms with Crippen LogP contribution in [0, 0.1) is 7.43 Å². The average molecular weight is 518 g/mol. The number of hydrogen-bond acceptors (Lipinski definition) is 2. The van der Waals surface area contributed by atoms with E-state index >= 15 is 0 Å². The number of nitrogens with two attached hydrogens (primary N) is 9. The topological polar surface area (TPSA) is 327 Å². The second-order valence-electron chi connectivity index (χ2n) is 2.47. The Kier molecular flexibility index (Phi) is 138. The van der Waals surface area contributed by atoms with Gasteiger partial charge < -0.3 is 62.8 Å². The van der Waals surface area contributed by atoms with Crippen molar-refractivity contribution in [2.75, 3.05) is 0 Å². The first-order valence-corrected chi connectivity index (χ1v) is 3.77. The van der Waals surface area contributed by atoms with Crippen LogP contribution in [0.15, 0.2) is 49.1 Å². The monoisotopic (exact) mass is 519 g/mol. The van der Waals surface area contributed by atoms with Crippen molar-refractivity contribution in [3.05, 3.63) is 112 Å². The minimum absolute atomic E-state index is 0. The first-order valence-electron chi connectivity index (χ1n) is 3.77. The summed E-state index contributed by atoms with van der Waals surface area (Å²) in [4.78, 5) is 7.91. The molecule has 13 heteroatoms. The predicted molar refractivity (Wildman–Crippen MR) is 101 cm³/mol. The van der Waals surface area contributed by atoms with Crippen molar-refractivity contribution >= 4 is 0 Å². The Labute approximate surface area is 171 Å². The van der Waals surface area contributed by atoms with Crippen LogP contribution in [0.5, 0.6) is 0 Å². The Morgan fingerprint density at radius 1 is 0.417 bits per heavy atom. The summed E-state index contributed by atoms with van der Waals surface area (Å²) in [7, 11) is 0. The molecule has 0 saturated carbocycles. The third-order valence-corrected chi connectivity index (χ3v) is 1.69. The first kappa shape index (κ1) is 76.9. The predicted octanol–water partition coefficient (Wildman–Crippen LogP) is 9.04. The van der Waals surface area contributed by atoms with E-state index in [1.165, 1.54) is 11.1 Å². The Hall–Kier alpha value is -0.813. The van der Waals surface area contributed by atoms with Gasteiger partial charge in [-0.2, -0.15) is 0 Å². The molecule has 0 aliphatic carbocycles. The van der Waals surface area contributed by atoms with Crippen molar-refractivity contribution in [1.29, 1.82) is 0 Å². The number of aromatic nitrogens is 2. The van der Waals surface area contributed by atoms with E-state index in [0.717, 1.165) is 0 Å². The zero-order valence-corrected chi connectivity index (χ0v) is 16.9. The van der Waals surface area contributed by atoms with Crippen LogP contribution in [0.1, 0.15) is 0 Å². The molecule has 18 N–H and O–H groups in total. The minimum atomic E-state index is 0. The molecular weight excluding hydrogens is 488 g/mol. The molecule has 0 aliphatic heterocycles. The molecular formula is C11H29N11Ru2. The van der Waals surface area contributed by atoms with E-state index in [1.54, 1.807) is 24.8 Å². The summed E-state index contributed by atoms with van der Waals surface area (Å²) in [5, 5.41) is 0. The molecule has 0 aliphatic rings. The van der Waals surface area contributed by atoms with Crippen molar-refractivity contribution in [3.8, 4) is 11.1 Å². The van der Waals surface area contributed by atoms with Gasteiger partial charge in [-0.3, -0.25) is 9.97 Å². The molecule has 2 radical (unpaired) electrons. The molecule has 144 valence electrons. The fraction of sp³-hybridized carbons (Fsp3) is 0. The number of pyridine rings is 2. The molecule has 2 aromatic heterocycles. The summed E-state index contributed by atoms with van der Waals surface area (Å²) < 4.78 is 0. The van der Waals surface area contributed by atoms with Gasteiger partial charge in [0.25, 0.3) is 0 Å². The summed E-state index contributed by atoms with van der Waals surface area (Å²) in [6, 6.07) is 7.93. The number of hydrogen-bond donors (Lipinski definition) is 0. The van der Waals surface area contributed by atoms with E-state index in [4.69, 9.17) is 0 Å². The van der Waals surface area contributed by atoms with Gasteiger partial charge in [0.15, 0.2) is 0 Å². The number of rotatable bonds is 1. The van der Waals surface area contributed by atoms with E-state index in [1.807, 2.05) is 24.3 Å². The van der Waals surface area contributed by atoms with Crippen LogP contribution in [-0.4, -0.2) is 9.97 Å². The minimum Gasteiger partial charge on any atom is -0.693 e. The largest absolute Gasteiger partial charge is 5.00 e. The third-order valence-electron chi connectivity index (χ3n) is 1.69. The van der Waals surface area contributed by atoms with Gasteiger partial charge in [-0.25, -0.2) is 0 Å². The van der Waals surface area contributed by atoms with Gasteiger partial charge in [0.1, 0.15) is 0 Å². The molecule has 2 aromatic rings. The van der Waals surface area contributed by atoms with Gasteiger partial charge in [0.05, 0.1) is 0 Å². The van der Waals surface area contributed by atoms with Crippen molar-refractivity contribution in [2.24, 2.45) is 0 Å². The maximum atomic E-state index is 3.96. The maximum Gasteiger partial charge on any atom is 5.00 e. The quantitative estimate of drug-likeness (QED) is 0.263. The van der Waals surface area contributed by atoms with E-state index in [0.29, 0.717) is 0 Å². The summed E-state index contributed by atoms with van der Waals surface area (Å²) in [6.45, 7) is 0. The molecule has 0 amide bonds. The van der Waals surface area contributed by atoms with Gasteiger partial charge >= 0.3 is 39.0 Å². The average Bonchev–Trinajstić information content (AvgIpc) is 2.21. The van der Waals surface area contributed by atoms with Crippen LogP contribution in [-0.2, 0) is 39.0 Å². The maximum absolute atomic E-state index is 3.96. The standard InChI is InChI=1S/C10H8N2.CH3.9H2N.2Ru/c1-5-11-6-2-9(1)10-3-7-12-8-4-10;;;;;;;;;;;;/h1-8H;1H3;9*1H2;;/q;10*-1;2*+5. The van der Waals surface area contributed by atoms with Crippen LogP contribution in [0.3, 0.4) is 0 Å². The van der Waals surface area contributed by atoms with Crippen molar-refractivity contribution in [3.63, 3.8) is 0 Å². The summed E-state index contributed by atoms with van der Waals surface area (Å²) in [5.74, 6) is 0. The fourth-order valence-electron chi connectivity index (χ4n) is 1.09. The van der Waals surface area contributed by atoms with Gasteiger partial charge in [0.2, 0.25) is 0 Å². The van der Waals surface area contributed by atoms with Crippen LogP contribution in [0.4, 0.5) is 0 Å². The fourth-order valence-corrected chi connectivity index (χ4v) is 1.09. The molecule has 0 aromatic carbocycles. The zero-order valence-electron chi connectivity index (χ0n) is 13.4. The van der Waals surface area contributed by atoms with Crippen molar-refractivity contribution in [1.82, 2.24) is 9.97 Å². The molecule has 0 unspecified atom stereocenters. The van der Waals surface area contributed by atoms with Crippen LogP contribution in [0.2, 0.25) is 0 Å². The Balaban J connectivity index is -0.0000000156. The second-order valence-corrected chi connectivity index (χ2v) is 2.47. The van der Waals surface area contributed by atoms with Gasteiger partial charge in [0, 0.05) is 24.8 Å². The number of nitrogens with zero attached hydrogens (tertiary/aromatic N) is 2. The van der Waals surface area contributed by atoms with Gasteiger partial charge in [-0.15, -0.1) is 0 Å². The van der Waals surface area contributed by atoms with E-state index in [-0.39, 0.29) is 102 Å². The van der Waals surface area contributed by atoms with Crippen LogP contribution < -0.4 is 0 Å². The Morgan fingerprint density at radius 2 is 0.583 bits per heavy atom. The molecule has 0 atom stereocenters. The third kappa shape index (κ3) is 23.5. The second kappa shape index (κ2) is 43.2. The molecule has 0 saturated heterocycles. The van der Waals surface area contributed by atoms with E-state index in [2.05, 4.69) is 9.97 Å². The van der Waals surface area contributed by atoms with Gasteiger partial charge in [-0.05, 0) is 35.4 Å². The van der Waals surface area contributed by atoms with Crippen molar-refractivity contribution in [2.45, 2.75) is 0 Å².